The Hall–Kier alpha value is -2.83. The molecular weight excluding hydrogens is 310 g/mol. The van der Waals surface area contributed by atoms with Crippen LogP contribution >= 0.6 is 0 Å². The second-order valence-electron chi connectivity index (χ2n) is 5.88. The van der Waals surface area contributed by atoms with Crippen LogP contribution in [0.4, 0.5) is 0 Å². The fourth-order valence-electron chi connectivity index (χ4n) is 2.84. The molecule has 126 valence electrons. The van der Waals surface area contributed by atoms with E-state index in [2.05, 4.69) is 5.10 Å². The molecule has 2 heterocycles. The third kappa shape index (κ3) is 3.40. The van der Waals surface area contributed by atoms with E-state index >= 15 is 0 Å². The molecule has 1 aromatic carbocycles. The molecule has 0 radical (unpaired) electrons. The van der Waals surface area contributed by atoms with Crippen LogP contribution in [0, 0.1) is 5.92 Å². The first-order chi connectivity index (χ1) is 11.5. The molecule has 1 unspecified atom stereocenters. The smallest absolute Gasteiger partial charge is 0.308 e. The van der Waals surface area contributed by atoms with E-state index in [0.717, 1.165) is 0 Å². The van der Waals surface area contributed by atoms with Crippen molar-refractivity contribution in [1.82, 2.24) is 14.7 Å². The predicted octanol–water partition coefficient (Wildman–Crippen LogP) is 2.15. The van der Waals surface area contributed by atoms with Gasteiger partial charge in [0.1, 0.15) is 5.75 Å². The molecule has 1 aromatic heterocycles. The average molecular weight is 329 g/mol. The number of aryl methyl sites for hydroxylation is 1. The first-order valence-corrected chi connectivity index (χ1v) is 7.82. The maximum Gasteiger partial charge on any atom is 0.308 e. The highest BCUT2D eigenvalue weighted by atomic mass is 16.5. The number of likely N-dealkylation sites (tertiary alicyclic amines) is 1. The van der Waals surface area contributed by atoms with Gasteiger partial charge in [0.2, 0.25) is 0 Å². The zero-order chi connectivity index (χ0) is 17.1. The molecule has 0 saturated carbocycles. The lowest BCUT2D eigenvalue weighted by atomic mass is 9.97. The lowest BCUT2D eigenvalue weighted by Gasteiger charge is -2.31. The second kappa shape index (κ2) is 6.74. The number of benzene rings is 1. The van der Waals surface area contributed by atoms with Crippen molar-refractivity contribution in [3.05, 3.63) is 42.2 Å². The lowest BCUT2D eigenvalue weighted by molar-refractivity contribution is -0.143. The van der Waals surface area contributed by atoms with E-state index in [1.54, 1.807) is 53.3 Å². The summed E-state index contributed by atoms with van der Waals surface area (Å²) in [5.74, 6) is -0.588. The van der Waals surface area contributed by atoms with Crippen molar-refractivity contribution in [3.8, 4) is 11.5 Å². The maximum atomic E-state index is 12.8. The summed E-state index contributed by atoms with van der Waals surface area (Å²) in [6.45, 7) is 0.791. The van der Waals surface area contributed by atoms with Crippen molar-refractivity contribution in [2.24, 2.45) is 13.0 Å². The molecule has 1 atom stereocenters. The number of carboxylic acid groups (broad SMARTS) is 1. The number of carboxylic acids is 1. The van der Waals surface area contributed by atoms with Gasteiger partial charge in [-0.3, -0.25) is 14.3 Å². The Labute approximate surface area is 139 Å². The van der Waals surface area contributed by atoms with Crippen LogP contribution in [-0.2, 0) is 11.8 Å². The number of amides is 1. The van der Waals surface area contributed by atoms with Crippen molar-refractivity contribution in [3.63, 3.8) is 0 Å². The Morgan fingerprint density at radius 1 is 1.33 bits per heavy atom. The highest BCUT2D eigenvalue weighted by Gasteiger charge is 2.29. The molecule has 0 aliphatic carbocycles. The molecule has 1 saturated heterocycles. The average Bonchev–Trinajstić information content (AvgIpc) is 3.00. The van der Waals surface area contributed by atoms with Gasteiger partial charge in [0.25, 0.3) is 5.91 Å². The van der Waals surface area contributed by atoms with Gasteiger partial charge in [0.05, 0.1) is 23.9 Å². The van der Waals surface area contributed by atoms with Crippen LogP contribution in [0.15, 0.2) is 36.7 Å². The molecular formula is C17H19N3O4. The van der Waals surface area contributed by atoms with Gasteiger partial charge >= 0.3 is 5.97 Å². The van der Waals surface area contributed by atoms with Crippen molar-refractivity contribution in [2.45, 2.75) is 12.8 Å². The monoisotopic (exact) mass is 329 g/mol. The molecule has 24 heavy (non-hydrogen) atoms. The minimum atomic E-state index is -0.854. The van der Waals surface area contributed by atoms with Crippen molar-refractivity contribution in [1.29, 1.82) is 0 Å². The van der Waals surface area contributed by atoms with Gasteiger partial charge in [-0.15, -0.1) is 0 Å². The molecule has 0 bridgehead atoms. The lowest BCUT2D eigenvalue weighted by Crippen LogP contribution is -2.42. The molecule has 0 spiro atoms. The fraction of sp³-hybridized carbons (Fsp3) is 0.353. The first-order valence-electron chi connectivity index (χ1n) is 7.82. The van der Waals surface area contributed by atoms with Crippen molar-refractivity contribution in [2.75, 3.05) is 13.1 Å². The molecule has 1 fully saturated rings. The Bertz CT molecular complexity index is 756. The van der Waals surface area contributed by atoms with Crippen LogP contribution in [0.2, 0.25) is 0 Å². The fourth-order valence-corrected chi connectivity index (χ4v) is 2.84. The van der Waals surface area contributed by atoms with E-state index in [1.807, 2.05) is 0 Å². The summed E-state index contributed by atoms with van der Waals surface area (Å²) in [7, 11) is 1.78. The van der Waals surface area contributed by atoms with Gasteiger partial charge < -0.3 is 14.7 Å². The van der Waals surface area contributed by atoms with E-state index < -0.39 is 11.9 Å². The number of ether oxygens (including phenoxy) is 1. The summed E-state index contributed by atoms with van der Waals surface area (Å²) in [5.41, 5.74) is 0.424. The highest BCUT2D eigenvalue weighted by Crippen LogP contribution is 2.27. The molecule has 1 aliphatic rings. The number of piperidine rings is 1. The third-order valence-electron chi connectivity index (χ3n) is 4.08. The molecule has 1 aliphatic heterocycles. The minimum absolute atomic E-state index is 0.208. The quantitative estimate of drug-likeness (QED) is 0.929. The first kappa shape index (κ1) is 16.0. The third-order valence-corrected chi connectivity index (χ3v) is 4.08. The predicted molar refractivity (Wildman–Crippen MR) is 86.0 cm³/mol. The number of nitrogens with zero attached hydrogens (tertiary/aromatic N) is 3. The number of hydrogen-bond acceptors (Lipinski definition) is 4. The summed E-state index contributed by atoms with van der Waals surface area (Å²) in [5, 5.41) is 13.2. The molecule has 7 nitrogen and oxygen atoms in total. The van der Waals surface area contributed by atoms with Gasteiger partial charge in [-0.05, 0) is 25.0 Å². The normalized spacial score (nSPS) is 17.5. The Kier molecular flexibility index (Phi) is 4.50. The molecule has 2 aromatic rings. The summed E-state index contributed by atoms with van der Waals surface area (Å²) < 4.78 is 7.38. The number of aliphatic carboxylic acids is 1. The van der Waals surface area contributed by atoms with Crippen LogP contribution in [0.1, 0.15) is 23.2 Å². The summed E-state index contributed by atoms with van der Waals surface area (Å²) in [4.78, 5) is 25.6. The zero-order valence-electron chi connectivity index (χ0n) is 13.4. The van der Waals surface area contributed by atoms with Gasteiger partial charge in [0.15, 0.2) is 5.75 Å². The van der Waals surface area contributed by atoms with Crippen LogP contribution in [0.5, 0.6) is 11.5 Å². The highest BCUT2D eigenvalue weighted by molar-refractivity contribution is 5.97. The SMILES string of the molecule is Cn1cc(Oc2ccccc2C(=O)N2CCCC(C(=O)O)C2)cn1. The summed E-state index contributed by atoms with van der Waals surface area (Å²) in [6.07, 6.45) is 4.58. The number of hydrogen-bond donors (Lipinski definition) is 1. The van der Waals surface area contributed by atoms with E-state index in [0.29, 0.717) is 36.4 Å². The van der Waals surface area contributed by atoms with E-state index in [4.69, 9.17) is 4.74 Å². The van der Waals surface area contributed by atoms with Crippen LogP contribution in [0.25, 0.3) is 0 Å². The summed E-state index contributed by atoms with van der Waals surface area (Å²) in [6, 6.07) is 6.97. The van der Waals surface area contributed by atoms with E-state index in [9.17, 15) is 14.7 Å². The summed E-state index contributed by atoms with van der Waals surface area (Å²) >= 11 is 0. The minimum Gasteiger partial charge on any atom is -0.481 e. The van der Waals surface area contributed by atoms with E-state index in [-0.39, 0.29) is 12.5 Å². The number of para-hydroxylation sites is 1. The Morgan fingerprint density at radius 2 is 2.12 bits per heavy atom. The molecule has 7 heteroatoms. The maximum absolute atomic E-state index is 12.8. The van der Waals surface area contributed by atoms with Crippen LogP contribution in [0.3, 0.4) is 0 Å². The largest absolute Gasteiger partial charge is 0.481 e. The van der Waals surface area contributed by atoms with E-state index in [1.165, 1.54) is 0 Å². The molecule has 1 amide bonds. The standard InChI is InChI=1S/C17H19N3O4/c1-19-11-13(9-18-19)24-15-7-3-2-6-14(15)16(21)20-8-4-5-12(10-20)17(22)23/h2-3,6-7,9,11-12H,4-5,8,10H2,1H3,(H,22,23). The topological polar surface area (TPSA) is 84.7 Å². The van der Waals surface area contributed by atoms with Gasteiger partial charge in [-0.25, -0.2) is 0 Å². The van der Waals surface area contributed by atoms with Gasteiger partial charge in [-0.2, -0.15) is 5.10 Å². The number of carbonyl (C=O) groups is 2. The van der Waals surface area contributed by atoms with Gasteiger partial charge in [-0.1, -0.05) is 12.1 Å². The van der Waals surface area contributed by atoms with Gasteiger partial charge in [0, 0.05) is 20.1 Å². The molecule has 3 rings (SSSR count). The Balaban J connectivity index is 1.81. The second-order valence-corrected chi connectivity index (χ2v) is 5.88. The zero-order valence-corrected chi connectivity index (χ0v) is 13.4. The van der Waals surface area contributed by atoms with Crippen LogP contribution in [-0.4, -0.2) is 44.8 Å². The number of carbonyl (C=O) groups excluding carboxylic acids is 1. The number of rotatable bonds is 4. The van der Waals surface area contributed by atoms with Crippen LogP contribution < -0.4 is 4.74 Å². The number of aromatic nitrogens is 2. The Morgan fingerprint density at radius 3 is 2.83 bits per heavy atom. The van der Waals surface area contributed by atoms with Crippen molar-refractivity contribution < 1.29 is 19.4 Å². The van der Waals surface area contributed by atoms with Crippen molar-refractivity contribution >= 4 is 11.9 Å². The molecule has 1 N–H and O–H groups in total.